The third-order valence-electron chi connectivity index (χ3n) is 5.55. The molecule has 0 spiro atoms. The Hall–Kier alpha value is -1.32. The van der Waals surface area contributed by atoms with Gasteiger partial charge in [-0.05, 0) is 62.3 Å². The highest BCUT2D eigenvalue weighted by molar-refractivity contribution is 5.69. The molecule has 19 heavy (non-hydrogen) atoms. The van der Waals surface area contributed by atoms with Gasteiger partial charge in [0, 0.05) is 11.1 Å². The van der Waals surface area contributed by atoms with E-state index in [1.165, 1.54) is 38.5 Å². The molecular weight excluding hydrogens is 240 g/mol. The molecule has 2 N–H and O–H groups in total. The van der Waals surface area contributed by atoms with E-state index in [4.69, 9.17) is 5.11 Å². The molecule has 4 heteroatoms. The van der Waals surface area contributed by atoms with Crippen LogP contribution in [0.15, 0.2) is 6.07 Å². The second-order valence-electron chi connectivity index (χ2n) is 7.05. The molecule has 0 atom stereocenters. The third kappa shape index (κ3) is 1.80. The molecule has 4 aliphatic rings. The number of carbonyl (C=O) groups is 1. The topological polar surface area (TPSA) is 66.0 Å². The van der Waals surface area contributed by atoms with Gasteiger partial charge in [0.2, 0.25) is 0 Å². The second-order valence-corrected chi connectivity index (χ2v) is 7.05. The van der Waals surface area contributed by atoms with Gasteiger partial charge in [-0.2, -0.15) is 5.10 Å². The fourth-order valence-electron chi connectivity index (χ4n) is 5.31. The molecule has 1 heterocycles. The summed E-state index contributed by atoms with van der Waals surface area (Å²) in [4.78, 5) is 10.8. The van der Waals surface area contributed by atoms with Crippen molar-refractivity contribution < 1.29 is 9.90 Å². The van der Waals surface area contributed by atoms with Gasteiger partial charge in [0.15, 0.2) is 0 Å². The van der Waals surface area contributed by atoms with Crippen LogP contribution in [-0.4, -0.2) is 21.3 Å². The van der Waals surface area contributed by atoms with Crippen LogP contribution in [0.5, 0.6) is 0 Å². The minimum atomic E-state index is -0.791. The normalized spacial score (nSPS) is 39.7. The summed E-state index contributed by atoms with van der Waals surface area (Å²) in [6.07, 6.45) is 8.14. The monoisotopic (exact) mass is 260 g/mol. The molecule has 0 aliphatic heterocycles. The summed E-state index contributed by atoms with van der Waals surface area (Å²) in [5.41, 5.74) is 2.16. The number of nitrogens with one attached hydrogen (secondary N) is 1. The van der Waals surface area contributed by atoms with Gasteiger partial charge in [-0.15, -0.1) is 0 Å². The second kappa shape index (κ2) is 3.84. The van der Waals surface area contributed by atoms with E-state index in [2.05, 4.69) is 10.2 Å². The molecule has 1 aromatic rings. The number of aliphatic carboxylic acids is 1. The average Bonchev–Trinajstić information content (AvgIpc) is 2.75. The number of carboxylic acid groups (broad SMARTS) is 1. The maximum Gasteiger partial charge on any atom is 0.309 e. The highest BCUT2D eigenvalue weighted by Gasteiger charge is 2.52. The summed E-state index contributed by atoms with van der Waals surface area (Å²) in [6.45, 7) is 0. The van der Waals surface area contributed by atoms with Gasteiger partial charge in [-0.25, -0.2) is 0 Å². The first kappa shape index (κ1) is 11.5. The number of hydrogen-bond donors (Lipinski definition) is 2. The number of hydrogen-bond acceptors (Lipinski definition) is 2. The van der Waals surface area contributed by atoms with Crippen LogP contribution in [-0.2, 0) is 16.6 Å². The molecule has 102 valence electrons. The summed E-state index contributed by atoms with van der Waals surface area (Å²) < 4.78 is 0. The Kier molecular flexibility index (Phi) is 2.32. The van der Waals surface area contributed by atoms with E-state index in [0.717, 1.165) is 29.1 Å². The van der Waals surface area contributed by atoms with Crippen LogP contribution < -0.4 is 0 Å². The smallest absolute Gasteiger partial charge is 0.309 e. The molecule has 0 unspecified atom stereocenters. The van der Waals surface area contributed by atoms with Crippen molar-refractivity contribution in [2.75, 3.05) is 0 Å². The summed E-state index contributed by atoms with van der Waals surface area (Å²) in [7, 11) is 0. The Labute approximate surface area is 112 Å². The summed E-state index contributed by atoms with van der Waals surface area (Å²) in [6, 6.07) is 2.02. The van der Waals surface area contributed by atoms with E-state index in [0.29, 0.717) is 0 Å². The predicted octanol–water partition coefficient (Wildman–Crippen LogP) is 2.50. The van der Waals surface area contributed by atoms with Crippen molar-refractivity contribution in [1.82, 2.24) is 10.2 Å². The van der Waals surface area contributed by atoms with E-state index in [9.17, 15) is 4.79 Å². The molecule has 5 rings (SSSR count). The minimum Gasteiger partial charge on any atom is -0.481 e. The van der Waals surface area contributed by atoms with Crippen molar-refractivity contribution in [1.29, 1.82) is 0 Å². The summed E-state index contributed by atoms with van der Waals surface area (Å²) in [5, 5.41) is 16.3. The van der Waals surface area contributed by atoms with Crippen LogP contribution in [0.25, 0.3) is 0 Å². The lowest BCUT2D eigenvalue weighted by Gasteiger charge is -2.56. The lowest BCUT2D eigenvalue weighted by Crippen LogP contribution is -2.48. The SMILES string of the molecule is O=C(O)Cc1cc(C23CC4CC(CC(C4)C2)C3)n[nH]1. The molecule has 4 aliphatic carbocycles. The van der Waals surface area contributed by atoms with Gasteiger partial charge in [0.1, 0.15) is 0 Å². The fraction of sp³-hybridized carbons (Fsp3) is 0.733. The van der Waals surface area contributed by atoms with E-state index >= 15 is 0 Å². The van der Waals surface area contributed by atoms with E-state index in [1.54, 1.807) is 0 Å². The van der Waals surface area contributed by atoms with Crippen molar-refractivity contribution in [2.24, 2.45) is 17.8 Å². The Balaban J connectivity index is 1.64. The molecule has 1 aromatic heterocycles. The molecule has 4 nitrogen and oxygen atoms in total. The maximum atomic E-state index is 10.8. The largest absolute Gasteiger partial charge is 0.481 e. The number of H-pyrrole nitrogens is 1. The maximum absolute atomic E-state index is 10.8. The van der Waals surface area contributed by atoms with Gasteiger partial charge in [0.05, 0.1) is 12.1 Å². The van der Waals surface area contributed by atoms with Crippen LogP contribution >= 0.6 is 0 Å². The van der Waals surface area contributed by atoms with Crippen LogP contribution in [0.2, 0.25) is 0 Å². The zero-order valence-corrected chi connectivity index (χ0v) is 11.1. The Bertz CT molecular complexity index is 485. The molecular formula is C15H20N2O2. The average molecular weight is 260 g/mol. The van der Waals surface area contributed by atoms with Gasteiger partial charge < -0.3 is 5.11 Å². The Morgan fingerprint density at radius 2 is 1.84 bits per heavy atom. The number of rotatable bonds is 3. The lowest BCUT2D eigenvalue weighted by atomic mass is 9.49. The van der Waals surface area contributed by atoms with Gasteiger partial charge in [0.25, 0.3) is 0 Å². The molecule has 0 amide bonds. The number of aromatic nitrogens is 2. The standard InChI is InChI=1S/C15H20N2O2/c18-14(19)5-12-4-13(17-16-12)15-6-9-1-10(7-15)3-11(2-9)8-15/h4,9-11H,1-3,5-8H2,(H,16,17)(H,18,19). The molecule has 4 saturated carbocycles. The minimum absolute atomic E-state index is 0.0549. The first-order valence-corrected chi connectivity index (χ1v) is 7.39. The van der Waals surface area contributed by atoms with Crippen LogP contribution in [0, 0.1) is 17.8 Å². The van der Waals surface area contributed by atoms with E-state index in [1.807, 2.05) is 6.07 Å². The predicted molar refractivity (Wildman–Crippen MR) is 69.8 cm³/mol. The van der Waals surface area contributed by atoms with Crippen molar-refractivity contribution in [3.63, 3.8) is 0 Å². The number of nitrogens with zero attached hydrogens (tertiary/aromatic N) is 1. The highest BCUT2D eigenvalue weighted by Crippen LogP contribution is 2.60. The van der Waals surface area contributed by atoms with Crippen molar-refractivity contribution >= 4 is 5.97 Å². The van der Waals surface area contributed by atoms with Crippen LogP contribution in [0.3, 0.4) is 0 Å². The third-order valence-corrected chi connectivity index (χ3v) is 5.55. The lowest BCUT2D eigenvalue weighted by molar-refractivity contribution is -0.136. The molecule has 4 bridgehead atoms. The van der Waals surface area contributed by atoms with Crippen molar-refractivity contribution in [3.8, 4) is 0 Å². The van der Waals surface area contributed by atoms with Gasteiger partial charge >= 0.3 is 5.97 Å². The van der Waals surface area contributed by atoms with Crippen molar-refractivity contribution in [3.05, 3.63) is 17.5 Å². The number of aromatic amines is 1. The van der Waals surface area contributed by atoms with E-state index < -0.39 is 5.97 Å². The van der Waals surface area contributed by atoms with Crippen LogP contribution in [0.1, 0.15) is 49.9 Å². The van der Waals surface area contributed by atoms with Gasteiger partial charge in [-0.3, -0.25) is 9.89 Å². The summed E-state index contributed by atoms with van der Waals surface area (Å²) >= 11 is 0. The molecule has 0 radical (unpaired) electrons. The number of carboxylic acids is 1. The first-order valence-electron chi connectivity index (χ1n) is 7.39. The van der Waals surface area contributed by atoms with Crippen molar-refractivity contribution in [2.45, 2.75) is 50.4 Å². The molecule has 0 aromatic carbocycles. The quantitative estimate of drug-likeness (QED) is 0.877. The highest BCUT2D eigenvalue weighted by atomic mass is 16.4. The zero-order chi connectivity index (χ0) is 13.0. The van der Waals surface area contributed by atoms with Gasteiger partial charge in [-0.1, -0.05) is 0 Å². The van der Waals surface area contributed by atoms with E-state index in [-0.39, 0.29) is 11.8 Å². The molecule has 0 saturated heterocycles. The van der Waals surface area contributed by atoms with Crippen LogP contribution in [0.4, 0.5) is 0 Å². The Morgan fingerprint density at radius 3 is 2.37 bits per heavy atom. The Morgan fingerprint density at radius 1 is 1.26 bits per heavy atom. The first-order chi connectivity index (χ1) is 9.13. The molecule has 4 fully saturated rings. The fourth-order valence-corrected chi connectivity index (χ4v) is 5.31. The summed E-state index contributed by atoms with van der Waals surface area (Å²) in [5.74, 6) is 1.89. The zero-order valence-electron chi connectivity index (χ0n) is 11.1.